The number of pyridine rings is 1. The van der Waals surface area contributed by atoms with Crippen molar-refractivity contribution in [2.24, 2.45) is 4.99 Å². The third-order valence-electron chi connectivity index (χ3n) is 3.74. The Balaban J connectivity index is 1.95. The molecule has 0 fully saturated rings. The molecule has 0 aliphatic heterocycles. The summed E-state index contributed by atoms with van der Waals surface area (Å²) >= 11 is 3.36. The molecule has 6 nitrogen and oxygen atoms in total. The number of aromatic nitrogens is 1. The summed E-state index contributed by atoms with van der Waals surface area (Å²) < 4.78 is 5.79. The number of hydrogen-bond acceptors (Lipinski definition) is 5. The van der Waals surface area contributed by atoms with Crippen molar-refractivity contribution >= 4 is 32.9 Å². The average Bonchev–Trinajstić information content (AvgIpc) is 2.57. The first-order valence-electron chi connectivity index (χ1n) is 7.40. The number of halogens is 1. The number of nitrogens with one attached hydrogen (secondary N) is 1. The van der Waals surface area contributed by atoms with Crippen molar-refractivity contribution in [3.8, 4) is 17.4 Å². The monoisotopic (exact) mass is 402 g/mol. The summed E-state index contributed by atoms with van der Waals surface area (Å²) in [6.45, 7) is 0.297. The molecule has 0 spiro atoms. The highest BCUT2D eigenvalue weighted by Gasteiger charge is 2.09. The van der Waals surface area contributed by atoms with Gasteiger partial charge in [-0.2, -0.15) is 0 Å². The number of fused-ring (bicyclic) bond motifs is 1. The van der Waals surface area contributed by atoms with Crippen molar-refractivity contribution in [3.05, 3.63) is 62.4 Å². The fourth-order valence-electron chi connectivity index (χ4n) is 2.51. The number of aliphatic imine (C=N–C) groups is 1. The van der Waals surface area contributed by atoms with Gasteiger partial charge in [-0.15, -0.1) is 0 Å². The lowest BCUT2D eigenvalue weighted by Crippen LogP contribution is -2.08. The second kappa shape index (κ2) is 6.98. The van der Waals surface area contributed by atoms with Crippen LogP contribution in [0.3, 0.4) is 0 Å². The van der Waals surface area contributed by atoms with Gasteiger partial charge in [0.15, 0.2) is 11.5 Å². The maximum Gasteiger partial charge on any atom is 0.258 e. The Kier molecular flexibility index (Phi) is 4.76. The quantitative estimate of drug-likeness (QED) is 0.583. The van der Waals surface area contributed by atoms with Crippen LogP contribution in [0.5, 0.6) is 17.4 Å². The molecular weight excluding hydrogens is 388 g/mol. The zero-order chi connectivity index (χ0) is 18.0. The second-order valence-electron chi connectivity index (χ2n) is 5.38. The highest BCUT2D eigenvalue weighted by atomic mass is 79.9. The molecule has 0 aliphatic carbocycles. The standard InChI is InChI=1S/C18H15BrN2O4/c1-25-16-5-2-10(6-15(16)22)8-20-9-14-13-7-11(19)3-4-12(13)17(23)21-18(14)24/h2-7,9,22H,8H2,1H3,(H2,21,23,24). The number of aromatic hydroxyl groups is 2. The molecule has 0 saturated carbocycles. The molecule has 2 aromatic carbocycles. The van der Waals surface area contributed by atoms with Crippen molar-refractivity contribution in [1.29, 1.82) is 0 Å². The topological polar surface area (TPSA) is 94.9 Å². The van der Waals surface area contributed by atoms with E-state index in [1.807, 2.05) is 0 Å². The third-order valence-corrected chi connectivity index (χ3v) is 4.23. The first-order valence-corrected chi connectivity index (χ1v) is 8.19. The van der Waals surface area contributed by atoms with Crippen LogP contribution < -0.4 is 10.3 Å². The van der Waals surface area contributed by atoms with Crippen LogP contribution in [-0.4, -0.2) is 28.5 Å². The highest BCUT2D eigenvalue weighted by Crippen LogP contribution is 2.27. The molecule has 0 atom stereocenters. The zero-order valence-electron chi connectivity index (χ0n) is 13.3. The van der Waals surface area contributed by atoms with Gasteiger partial charge in [0.2, 0.25) is 5.88 Å². The summed E-state index contributed by atoms with van der Waals surface area (Å²) in [7, 11) is 1.48. The van der Waals surface area contributed by atoms with Gasteiger partial charge in [0.1, 0.15) is 0 Å². The van der Waals surface area contributed by atoms with E-state index in [0.717, 1.165) is 10.0 Å². The smallest absolute Gasteiger partial charge is 0.258 e. The normalized spacial score (nSPS) is 11.3. The molecule has 1 aromatic heterocycles. The first kappa shape index (κ1) is 17.0. The highest BCUT2D eigenvalue weighted by molar-refractivity contribution is 9.10. The van der Waals surface area contributed by atoms with Crippen LogP contribution in [0.2, 0.25) is 0 Å². The molecular formula is C18H15BrN2O4. The van der Waals surface area contributed by atoms with Crippen LogP contribution in [0.25, 0.3) is 10.8 Å². The van der Waals surface area contributed by atoms with Crippen LogP contribution in [0, 0.1) is 0 Å². The van der Waals surface area contributed by atoms with Gasteiger partial charge in [0.05, 0.1) is 19.2 Å². The molecule has 0 unspecified atom stereocenters. The summed E-state index contributed by atoms with van der Waals surface area (Å²) in [4.78, 5) is 18.7. The molecule has 25 heavy (non-hydrogen) atoms. The maximum atomic E-state index is 11.9. The minimum atomic E-state index is -0.364. The van der Waals surface area contributed by atoms with Crippen molar-refractivity contribution in [2.75, 3.05) is 7.11 Å². The minimum absolute atomic E-state index is 0.0384. The van der Waals surface area contributed by atoms with Crippen LogP contribution in [-0.2, 0) is 6.54 Å². The minimum Gasteiger partial charge on any atom is -0.504 e. The van der Waals surface area contributed by atoms with E-state index in [9.17, 15) is 15.0 Å². The number of aromatic amines is 1. The maximum absolute atomic E-state index is 11.9. The Morgan fingerprint density at radius 3 is 2.72 bits per heavy atom. The Labute approximate surface area is 151 Å². The van der Waals surface area contributed by atoms with Gasteiger partial charge in [0, 0.05) is 21.5 Å². The molecule has 128 valence electrons. The molecule has 3 aromatic rings. The molecule has 0 aliphatic rings. The van der Waals surface area contributed by atoms with Gasteiger partial charge in [-0.05, 0) is 35.9 Å². The first-order chi connectivity index (χ1) is 12.0. The Morgan fingerprint density at radius 2 is 2.00 bits per heavy atom. The van der Waals surface area contributed by atoms with E-state index in [2.05, 4.69) is 25.9 Å². The average molecular weight is 403 g/mol. The lowest BCUT2D eigenvalue weighted by molar-refractivity contribution is 0.373. The number of rotatable bonds is 4. The van der Waals surface area contributed by atoms with E-state index in [0.29, 0.717) is 28.6 Å². The van der Waals surface area contributed by atoms with Gasteiger partial charge in [-0.1, -0.05) is 22.0 Å². The van der Waals surface area contributed by atoms with E-state index in [1.54, 1.807) is 36.4 Å². The van der Waals surface area contributed by atoms with Crippen molar-refractivity contribution in [1.82, 2.24) is 4.98 Å². The number of benzene rings is 2. The lowest BCUT2D eigenvalue weighted by atomic mass is 10.1. The summed E-state index contributed by atoms with van der Waals surface area (Å²) in [5.74, 6) is 0.190. The van der Waals surface area contributed by atoms with Crippen LogP contribution in [0.15, 0.2) is 50.7 Å². The molecule has 3 N–H and O–H groups in total. The van der Waals surface area contributed by atoms with Crippen molar-refractivity contribution in [3.63, 3.8) is 0 Å². The number of phenolic OH excluding ortho intramolecular Hbond substituents is 1. The van der Waals surface area contributed by atoms with Gasteiger partial charge >= 0.3 is 0 Å². The number of hydrogen-bond donors (Lipinski definition) is 3. The number of ether oxygens (including phenoxy) is 1. The number of nitrogens with zero attached hydrogens (tertiary/aromatic N) is 1. The number of phenols is 1. The molecule has 0 saturated heterocycles. The third kappa shape index (κ3) is 3.51. The van der Waals surface area contributed by atoms with Gasteiger partial charge in [-0.3, -0.25) is 14.8 Å². The lowest BCUT2D eigenvalue weighted by Gasteiger charge is -2.06. The van der Waals surface area contributed by atoms with Gasteiger partial charge in [-0.25, -0.2) is 0 Å². The molecule has 3 rings (SSSR count). The zero-order valence-corrected chi connectivity index (χ0v) is 14.9. The molecule has 0 amide bonds. The van der Waals surface area contributed by atoms with Crippen molar-refractivity contribution < 1.29 is 14.9 Å². The molecule has 1 heterocycles. The van der Waals surface area contributed by atoms with Crippen LogP contribution in [0.1, 0.15) is 11.1 Å². The summed E-state index contributed by atoms with van der Waals surface area (Å²) in [5.41, 5.74) is 0.842. The number of H-pyrrole nitrogens is 1. The van der Waals surface area contributed by atoms with E-state index >= 15 is 0 Å². The summed E-state index contributed by atoms with van der Waals surface area (Å²) in [5, 5.41) is 20.9. The van der Waals surface area contributed by atoms with Gasteiger partial charge < -0.3 is 14.9 Å². The van der Waals surface area contributed by atoms with Crippen molar-refractivity contribution in [2.45, 2.75) is 6.54 Å². The largest absolute Gasteiger partial charge is 0.504 e. The Hall–Kier alpha value is -2.80. The summed E-state index contributed by atoms with van der Waals surface area (Å²) in [6.07, 6.45) is 1.50. The van der Waals surface area contributed by atoms with E-state index in [1.165, 1.54) is 13.3 Å². The SMILES string of the molecule is COc1ccc(CN=Cc2c(O)[nH]c(=O)c3ccc(Br)cc23)cc1O. The van der Waals surface area contributed by atoms with Gasteiger partial charge in [0.25, 0.3) is 5.56 Å². The summed E-state index contributed by atoms with van der Waals surface area (Å²) in [6, 6.07) is 10.2. The fourth-order valence-corrected chi connectivity index (χ4v) is 2.88. The Morgan fingerprint density at radius 1 is 1.20 bits per heavy atom. The van der Waals surface area contributed by atoms with E-state index in [4.69, 9.17) is 4.74 Å². The second-order valence-corrected chi connectivity index (χ2v) is 6.30. The number of methoxy groups -OCH3 is 1. The van der Waals surface area contributed by atoms with E-state index in [-0.39, 0.29) is 17.2 Å². The van der Waals surface area contributed by atoms with Crippen LogP contribution >= 0.6 is 15.9 Å². The van der Waals surface area contributed by atoms with E-state index < -0.39 is 0 Å². The predicted molar refractivity (Wildman–Crippen MR) is 99.9 cm³/mol. The molecule has 7 heteroatoms. The molecule has 0 radical (unpaired) electrons. The fraction of sp³-hybridized carbons (Fsp3) is 0.111. The predicted octanol–water partition coefficient (Wildman–Crippen LogP) is 3.33. The molecule has 0 bridgehead atoms. The van der Waals surface area contributed by atoms with Crippen LogP contribution in [0.4, 0.5) is 0 Å². The Bertz CT molecular complexity index is 1030.